The molecule has 1 aromatic heterocycles. The summed E-state index contributed by atoms with van der Waals surface area (Å²) in [6, 6.07) is 1.34. The minimum atomic E-state index is -3.81. The van der Waals surface area contributed by atoms with Crippen LogP contribution in [0, 0.1) is 0 Å². The van der Waals surface area contributed by atoms with Crippen LogP contribution in [0.3, 0.4) is 0 Å². The Hall–Kier alpha value is -0.960. The Bertz CT molecular complexity index is 478. The Labute approximate surface area is 97.4 Å². The first kappa shape index (κ1) is 13.1. The Morgan fingerprint density at radius 1 is 1.44 bits per heavy atom. The van der Waals surface area contributed by atoms with Gasteiger partial charge in [0.15, 0.2) is 0 Å². The summed E-state index contributed by atoms with van der Waals surface area (Å²) in [5, 5.41) is 1.50. The Kier molecular flexibility index (Phi) is 4.03. The number of methoxy groups -OCH3 is 1. The van der Waals surface area contributed by atoms with Crippen molar-refractivity contribution in [3.8, 4) is 0 Å². The molecule has 0 aliphatic carbocycles. The SMILES string of the molecule is COC(=O)c1sccc1S(=O)(=O)N(C)OC. The average molecular weight is 265 g/mol. The zero-order valence-corrected chi connectivity index (χ0v) is 10.6. The molecule has 0 saturated heterocycles. The summed E-state index contributed by atoms with van der Waals surface area (Å²) in [5.41, 5.74) is 0. The van der Waals surface area contributed by atoms with Gasteiger partial charge < -0.3 is 4.74 Å². The van der Waals surface area contributed by atoms with Crippen LogP contribution in [0.2, 0.25) is 0 Å². The third kappa shape index (κ3) is 2.24. The highest BCUT2D eigenvalue weighted by Gasteiger charge is 2.28. The minimum absolute atomic E-state index is 0.0337. The average Bonchev–Trinajstić information content (AvgIpc) is 2.76. The molecule has 1 rings (SSSR count). The van der Waals surface area contributed by atoms with Crippen LogP contribution in [-0.4, -0.2) is 40.1 Å². The fourth-order valence-corrected chi connectivity index (χ4v) is 3.26. The molecule has 6 nitrogen and oxygen atoms in total. The number of carbonyl (C=O) groups excluding carboxylic acids is 1. The molecule has 16 heavy (non-hydrogen) atoms. The zero-order valence-electron chi connectivity index (χ0n) is 8.96. The molecule has 0 N–H and O–H groups in total. The van der Waals surface area contributed by atoms with E-state index in [-0.39, 0.29) is 9.77 Å². The number of ether oxygens (including phenoxy) is 1. The van der Waals surface area contributed by atoms with Gasteiger partial charge in [-0.15, -0.1) is 11.3 Å². The topological polar surface area (TPSA) is 72.9 Å². The summed E-state index contributed by atoms with van der Waals surface area (Å²) in [5.74, 6) is -0.682. The summed E-state index contributed by atoms with van der Waals surface area (Å²) in [7, 11) is -0.150. The summed E-state index contributed by atoms with van der Waals surface area (Å²) < 4.78 is 28.9. The fraction of sp³-hybridized carbons (Fsp3) is 0.375. The molecule has 1 aromatic rings. The Morgan fingerprint density at radius 2 is 2.06 bits per heavy atom. The first-order valence-electron chi connectivity index (χ1n) is 4.14. The molecule has 0 amide bonds. The van der Waals surface area contributed by atoms with Gasteiger partial charge in [0.25, 0.3) is 10.0 Å². The number of hydrogen-bond acceptors (Lipinski definition) is 6. The van der Waals surface area contributed by atoms with E-state index in [1.165, 1.54) is 32.7 Å². The molecule has 0 spiro atoms. The van der Waals surface area contributed by atoms with E-state index in [0.29, 0.717) is 4.47 Å². The molecule has 0 aliphatic rings. The second kappa shape index (κ2) is 4.91. The van der Waals surface area contributed by atoms with Crippen LogP contribution in [0.25, 0.3) is 0 Å². The number of thiophene rings is 1. The molecule has 0 saturated carbocycles. The van der Waals surface area contributed by atoms with Gasteiger partial charge in [-0.1, -0.05) is 4.47 Å². The predicted molar refractivity (Wildman–Crippen MR) is 57.6 cm³/mol. The van der Waals surface area contributed by atoms with E-state index in [4.69, 9.17) is 0 Å². The van der Waals surface area contributed by atoms with Crippen molar-refractivity contribution >= 4 is 27.3 Å². The summed E-state index contributed by atoms with van der Waals surface area (Å²) in [6.45, 7) is 0. The second-order valence-corrected chi connectivity index (χ2v) is 5.52. The monoisotopic (exact) mass is 265 g/mol. The van der Waals surface area contributed by atoms with Crippen LogP contribution in [0.5, 0.6) is 0 Å². The van der Waals surface area contributed by atoms with Crippen LogP contribution >= 0.6 is 11.3 Å². The van der Waals surface area contributed by atoms with Crippen molar-refractivity contribution in [2.75, 3.05) is 21.3 Å². The van der Waals surface area contributed by atoms with E-state index in [1.807, 2.05) is 0 Å². The highest BCUT2D eigenvalue weighted by Crippen LogP contribution is 2.25. The molecule has 90 valence electrons. The van der Waals surface area contributed by atoms with Crippen molar-refractivity contribution < 1.29 is 22.8 Å². The van der Waals surface area contributed by atoms with Crippen molar-refractivity contribution in [3.63, 3.8) is 0 Å². The lowest BCUT2D eigenvalue weighted by atomic mass is 10.5. The van der Waals surface area contributed by atoms with Crippen LogP contribution in [0.4, 0.5) is 0 Å². The number of rotatable bonds is 4. The number of nitrogens with zero attached hydrogens (tertiary/aromatic N) is 1. The van der Waals surface area contributed by atoms with Crippen LogP contribution in [0.15, 0.2) is 16.3 Å². The molecular weight excluding hydrogens is 254 g/mol. The van der Waals surface area contributed by atoms with Gasteiger partial charge in [-0.2, -0.15) is 0 Å². The number of hydrogen-bond donors (Lipinski definition) is 0. The predicted octanol–water partition coefficient (Wildman–Crippen LogP) is 0.717. The maximum atomic E-state index is 11.9. The minimum Gasteiger partial charge on any atom is -0.465 e. The largest absolute Gasteiger partial charge is 0.465 e. The first-order chi connectivity index (χ1) is 7.45. The van der Waals surface area contributed by atoms with E-state index >= 15 is 0 Å². The molecule has 1 heterocycles. The Morgan fingerprint density at radius 3 is 2.56 bits per heavy atom. The third-order valence-electron chi connectivity index (χ3n) is 1.87. The van der Waals surface area contributed by atoms with Crippen LogP contribution in [0.1, 0.15) is 9.67 Å². The van der Waals surface area contributed by atoms with Crippen molar-refractivity contribution in [2.24, 2.45) is 0 Å². The number of esters is 1. The number of hydroxylamine groups is 1. The molecule has 0 aliphatic heterocycles. The molecule has 0 atom stereocenters. The number of carbonyl (C=O) groups is 1. The van der Waals surface area contributed by atoms with E-state index in [2.05, 4.69) is 9.57 Å². The lowest BCUT2D eigenvalue weighted by Gasteiger charge is -2.13. The van der Waals surface area contributed by atoms with Crippen molar-refractivity contribution in [1.29, 1.82) is 0 Å². The number of sulfonamides is 1. The van der Waals surface area contributed by atoms with Crippen molar-refractivity contribution in [3.05, 3.63) is 16.3 Å². The quantitative estimate of drug-likeness (QED) is 0.592. The van der Waals surface area contributed by atoms with Gasteiger partial charge in [0.05, 0.1) is 14.2 Å². The molecule has 0 unspecified atom stereocenters. The van der Waals surface area contributed by atoms with Crippen molar-refractivity contribution in [1.82, 2.24) is 4.47 Å². The standard InChI is InChI=1S/C8H11NO5S2/c1-9(14-3)16(11,12)6-4-5-15-7(6)8(10)13-2/h4-5H,1-3H3. The van der Waals surface area contributed by atoms with Gasteiger partial charge in [0.2, 0.25) is 0 Å². The van der Waals surface area contributed by atoms with E-state index in [9.17, 15) is 13.2 Å². The highest BCUT2D eigenvalue weighted by atomic mass is 32.2. The summed E-state index contributed by atoms with van der Waals surface area (Å²) in [6.07, 6.45) is 0. The second-order valence-electron chi connectivity index (χ2n) is 2.70. The molecule has 0 radical (unpaired) electrons. The van der Waals surface area contributed by atoms with Gasteiger partial charge in [0, 0.05) is 7.05 Å². The van der Waals surface area contributed by atoms with Gasteiger partial charge in [-0.25, -0.2) is 13.2 Å². The van der Waals surface area contributed by atoms with Gasteiger partial charge in [-0.3, -0.25) is 4.84 Å². The maximum Gasteiger partial charge on any atom is 0.349 e. The smallest absolute Gasteiger partial charge is 0.349 e. The lowest BCUT2D eigenvalue weighted by molar-refractivity contribution is -0.0258. The molecule has 0 aromatic carbocycles. The lowest BCUT2D eigenvalue weighted by Crippen LogP contribution is -2.26. The Balaban J connectivity index is 3.25. The molecular formula is C8H11NO5S2. The maximum absolute atomic E-state index is 11.9. The van der Waals surface area contributed by atoms with Gasteiger partial charge in [0.1, 0.15) is 9.77 Å². The van der Waals surface area contributed by atoms with Crippen LogP contribution < -0.4 is 0 Å². The molecule has 0 fully saturated rings. The van der Waals surface area contributed by atoms with E-state index < -0.39 is 16.0 Å². The van der Waals surface area contributed by atoms with E-state index in [0.717, 1.165) is 11.3 Å². The molecule has 0 bridgehead atoms. The first-order valence-corrected chi connectivity index (χ1v) is 6.46. The highest BCUT2D eigenvalue weighted by molar-refractivity contribution is 7.89. The summed E-state index contributed by atoms with van der Waals surface area (Å²) >= 11 is 1.00. The summed E-state index contributed by atoms with van der Waals surface area (Å²) in [4.78, 5) is 15.8. The molecule has 8 heteroatoms. The van der Waals surface area contributed by atoms with Gasteiger partial charge in [-0.05, 0) is 11.4 Å². The fourth-order valence-electron chi connectivity index (χ4n) is 0.979. The normalized spacial score (nSPS) is 11.8. The zero-order chi connectivity index (χ0) is 12.3. The van der Waals surface area contributed by atoms with Crippen molar-refractivity contribution in [2.45, 2.75) is 4.90 Å². The van der Waals surface area contributed by atoms with Crippen LogP contribution in [-0.2, 0) is 19.6 Å². The van der Waals surface area contributed by atoms with Gasteiger partial charge >= 0.3 is 5.97 Å². The van der Waals surface area contributed by atoms with E-state index in [1.54, 1.807) is 0 Å². The third-order valence-corrected chi connectivity index (χ3v) is 4.62.